The van der Waals surface area contributed by atoms with Crippen LogP contribution in [0.1, 0.15) is 12.5 Å². The van der Waals surface area contributed by atoms with Crippen LogP contribution in [-0.2, 0) is 16.4 Å². The SMILES string of the molecule is CCS(=O)(=O)NCCc1cnc(-c2ccccc2)nc1. The fourth-order valence-corrected chi connectivity index (χ4v) is 2.29. The summed E-state index contributed by atoms with van der Waals surface area (Å²) in [7, 11) is -3.13. The zero-order chi connectivity index (χ0) is 14.4. The van der Waals surface area contributed by atoms with Crippen LogP contribution in [0.2, 0.25) is 0 Å². The van der Waals surface area contributed by atoms with Gasteiger partial charge in [-0.25, -0.2) is 23.1 Å². The van der Waals surface area contributed by atoms with Crippen LogP contribution in [0.25, 0.3) is 11.4 Å². The first-order valence-corrected chi connectivity index (χ1v) is 8.09. The van der Waals surface area contributed by atoms with Gasteiger partial charge in [-0.3, -0.25) is 0 Å². The highest BCUT2D eigenvalue weighted by Crippen LogP contribution is 2.13. The van der Waals surface area contributed by atoms with E-state index in [0.29, 0.717) is 18.8 Å². The van der Waals surface area contributed by atoms with E-state index in [1.54, 1.807) is 19.3 Å². The lowest BCUT2D eigenvalue weighted by Gasteiger charge is -2.05. The molecule has 0 aliphatic carbocycles. The van der Waals surface area contributed by atoms with E-state index >= 15 is 0 Å². The first-order chi connectivity index (χ1) is 9.61. The van der Waals surface area contributed by atoms with Gasteiger partial charge < -0.3 is 0 Å². The number of nitrogens with zero attached hydrogens (tertiary/aromatic N) is 2. The summed E-state index contributed by atoms with van der Waals surface area (Å²) in [6.07, 6.45) is 4.04. The Morgan fingerprint density at radius 2 is 1.75 bits per heavy atom. The van der Waals surface area contributed by atoms with Gasteiger partial charge in [0.15, 0.2) is 5.82 Å². The number of rotatable bonds is 6. The van der Waals surface area contributed by atoms with Crippen molar-refractivity contribution in [2.24, 2.45) is 0 Å². The third-order valence-electron chi connectivity index (χ3n) is 2.85. The molecule has 0 unspecified atom stereocenters. The van der Waals surface area contributed by atoms with Gasteiger partial charge in [0.25, 0.3) is 0 Å². The average Bonchev–Trinajstić information content (AvgIpc) is 2.49. The quantitative estimate of drug-likeness (QED) is 0.878. The number of nitrogens with one attached hydrogen (secondary N) is 1. The largest absolute Gasteiger partial charge is 0.236 e. The number of aromatic nitrogens is 2. The van der Waals surface area contributed by atoms with Gasteiger partial charge in [-0.05, 0) is 18.9 Å². The molecule has 2 rings (SSSR count). The first kappa shape index (κ1) is 14.6. The smallest absolute Gasteiger partial charge is 0.211 e. The predicted molar refractivity (Wildman–Crippen MR) is 78.6 cm³/mol. The normalized spacial score (nSPS) is 11.4. The molecule has 5 nitrogen and oxygen atoms in total. The molecular formula is C14H17N3O2S. The molecule has 0 fully saturated rings. The van der Waals surface area contributed by atoms with Crippen molar-refractivity contribution in [2.75, 3.05) is 12.3 Å². The lowest BCUT2D eigenvalue weighted by Crippen LogP contribution is -2.27. The van der Waals surface area contributed by atoms with Crippen molar-refractivity contribution >= 4 is 10.0 Å². The number of benzene rings is 1. The molecule has 1 heterocycles. The molecule has 6 heteroatoms. The molecule has 1 N–H and O–H groups in total. The van der Waals surface area contributed by atoms with E-state index in [1.165, 1.54) is 0 Å². The van der Waals surface area contributed by atoms with E-state index in [4.69, 9.17) is 0 Å². The summed E-state index contributed by atoms with van der Waals surface area (Å²) in [4.78, 5) is 8.59. The predicted octanol–water partition coefficient (Wildman–Crippen LogP) is 1.63. The van der Waals surface area contributed by atoms with Gasteiger partial charge in [-0.1, -0.05) is 30.3 Å². The molecule has 106 valence electrons. The zero-order valence-electron chi connectivity index (χ0n) is 11.3. The van der Waals surface area contributed by atoms with Crippen LogP contribution >= 0.6 is 0 Å². The number of hydrogen-bond acceptors (Lipinski definition) is 4. The van der Waals surface area contributed by atoms with Crippen molar-refractivity contribution in [1.82, 2.24) is 14.7 Å². The summed E-state index contributed by atoms with van der Waals surface area (Å²) < 4.78 is 25.1. The van der Waals surface area contributed by atoms with Crippen molar-refractivity contribution in [3.63, 3.8) is 0 Å². The molecule has 0 amide bonds. The van der Waals surface area contributed by atoms with Gasteiger partial charge in [-0.15, -0.1) is 0 Å². The Morgan fingerprint density at radius 1 is 1.10 bits per heavy atom. The van der Waals surface area contributed by atoms with Gasteiger partial charge in [0, 0.05) is 24.5 Å². The molecule has 1 aromatic carbocycles. The van der Waals surface area contributed by atoms with Crippen molar-refractivity contribution in [3.8, 4) is 11.4 Å². The third-order valence-corrected chi connectivity index (χ3v) is 4.26. The minimum atomic E-state index is -3.13. The Hall–Kier alpha value is -1.79. The summed E-state index contributed by atoms with van der Waals surface area (Å²) in [5, 5.41) is 0. The fraction of sp³-hybridized carbons (Fsp3) is 0.286. The van der Waals surface area contributed by atoms with Crippen LogP contribution in [0.5, 0.6) is 0 Å². The van der Waals surface area contributed by atoms with E-state index in [-0.39, 0.29) is 5.75 Å². The van der Waals surface area contributed by atoms with E-state index < -0.39 is 10.0 Å². The summed E-state index contributed by atoms with van der Waals surface area (Å²) >= 11 is 0. The van der Waals surface area contributed by atoms with Crippen LogP contribution in [-0.4, -0.2) is 30.7 Å². The lowest BCUT2D eigenvalue weighted by atomic mass is 10.2. The van der Waals surface area contributed by atoms with E-state index in [9.17, 15) is 8.42 Å². The Morgan fingerprint density at radius 3 is 2.35 bits per heavy atom. The molecule has 0 saturated carbocycles. The standard InChI is InChI=1S/C14H17N3O2S/c1-2-20(18,19)17-9-8-12-10-15-14(16-11-12)13-6-4-3-5-7-13/h3-7,10-11,17H,2,8-9H2,1H3. The highest BCUT2D eigenvalue weighted by Gasteiger charge is 2.06. The van der Waals surface area contributed by atoms with Crippen molar-refractivity contribution in [2.45, 2.75) is 13.3 Å². The van der Waals surface area contributed by atoms with Gasteiger partial charge in [0.1, 0.15) is 0 Å². The molecular weight excluding hydrogens is 274 g/mol. The highest BCUT2D eigenvalue weighted by atomic mass is 32.2. The molecule has 0 aliphatic heterocycles. The molecule has 0 saturated heterocycles. The van der Waals surface area contributed by atoms with Crippen LogP contribution < -0.4 is 4.72 Å². The second-order valence-corrected chi connectivity index (χ2v) is 6.42. The topological polar surface area (TPSA) is 72.0 Å². The fourth-order valence-electron chi connectivity index (χ4n) is 1.67. The van der Waals surface area contributed by atoms with Crippen molar-refractivity contribution in [3.05, 3.63) is 48.3 Å². The van der Waals surface area contributed by atoms with Gasteiger partial charge in [0.2, 0.25) is 10.0 Å². The van der Waals surface area contributed by atoms with E-state index in [0.717, 1.165) is 11.1 Å². The second-order valence-electron chi connectivity index (χ2n) is 4.33. The second kappa shape index (κ2) is 6.58. The maximum Gasteiger partial charge on any atom is 0.211 e. The Balaban J connectivity index is 1.96. The molecule has 0 radical (unpaired) electrons. The van der Waals surface area contributed by atoms with Crippen molar-refractivity contribution < 1.29 is 8.42 Å². The van der Waals surface area contributed by atoms with Gasteiger partial charge >= 0.3 is 0 Å². The number of sulfonamides is 1. The molecule has 0 aliphatic rings. The van der Waals surface area contributed by atoms with Crippen LogP contribution in [0.3, 0.4) is 0 Å². The summed E-state index contributed by atoms with van der Waals surface area (Å²) in [6.45, 7) is 1.98. The van der Waals surface area contributed by atoms with Gasteiger partial charge in [-0.2, -0.15) is 0 Å². The minimum Gasteiger partial charge on any atom is -0.236 e. The first-order valence-electron chi connectivity index (χ1n) is 6.44. The molecule has 20 heavy (non-hydrogen) atoms. The van der Waals surface area contributed by atoms with Crippen LogP contribution in [0, 0.1) is 0 Å². The average molecular weight is 291 g/mol. The maximum absolute atomic E-state index is 11.3. The van der Waals surface area contributed by atoms with Crippen LogP contribution in [0.4, 0.5) is 0 Å². The van der Waals surface area contributed by atoms with Crippen LogP contribution in [0.15, 0.2) is 42.7 Å². The Kier molecular flexibility index (Phi) is 4.81. The summed E-state index contributed by atoms with van der Waals surface area (Å²) in [5.74, 6) is 0.764. The zero-order valence-corrected chi connectivity index (χ0v) is 12.1. The Bertz CT molecular complexity index is 640. The molecule has 2 aromatic rings. The molecule has 0 spiro atoms. The van der Waals surface area contributed by atoms with E-state index in [2.05, 4.69) is 14.7 Å². The minimum absolute atomic E-state index is 0.0937. The number of hydrogen-bond donors (Lipinski definition) is 1. The molecule has 1 aromatic heterocycles. The molecule has 0 bridgehead atoms. The lowest BCUT2D eigenvalue weighted by molar-refractivity contribution is 0.583. The summed E-state index contributed by atoms with van der Waals surface area (Å²) in [5.41, 5.74) is 1.87. The Labute approximate surface area is 119 Å². The van der Waals surface area contributed by atoms with Crippen molar-refractivity contribution in [1.29, 1.82) is 0 Å². The van der Waals surface area contributed by atoms with E-state index in [1.807, 2.05) is 30.3 Å². The van der Waals surface area contributed by atoms with Gasteiger partial charge in [0.05, 0.1) is 5.75 Å². The maximum atomic E-state index is 11.3. The highest BCUT2D eigenvalue weighted by molar-refractivity contribution is 7.89. The molecule has 0 atom stereocenters. The third kappa shape index (κ3) is 4.11. The summed E-state index contributed by atoms with van der Waals surface area (Å²) in [6, 6.07) is 9.71. The monoisotopic (exact) mass is 291 g/mol.